The van der Waals surface area contributed by atoms with Crippen molar-refractivity contribution < 1.29 is 0 Å². The first-order chi connectivity index (χ1) is 3.97. The van der Waals surface area contributed by atoms with Crippen molar-refractivity contribution in [2.45, 2.75) is 13.0 Å². The highest BCUT2D eigenvalue weighted by Gasteiger charge is 2.08. The second kappa shape index (κ2) is 1.34. The first-order valence-corrected chi connectivity index (χ1v) is 2.79. The maximum atomic E-state index is 4.08. The number of hydrogen-bond donors (Lipinski definition) is 0. The molecule has 1 aliphatic heterocycles. The summed E-state index contributed by atoms with van der Waals surface area (Å²) in [5, 5.41) is 4.08. The van der Waals surface area contributed by atoms with Crippen molar-refractivity contribution in [3.63, 3.8) is 0 Å². The third-order valence-corrected chi connectivity index (χ3v) is 1.46. The van der Waals surface area contributed by atoms with Gasteiger partial charge in [-0.05, 0) is 18.9 Å². The van der Waals surface area contributed by atoms with Crippen LogP contribution in [0.1, 0.15) is 5.69 Å². The molecule has 0 fully saturated rings. The van der Waals surface area contributed by atoms with E-state index in [1.54, 1.807) is 0 Å². The largest absolute Gasteiger partial charge is 0.269 e. The summed E-state index contributed by atoms with van der Waals surface area (Å²) in [6, 6.07) is 2.06. The second-order valence-corrected chi connectivity index (χ2v) is 2.00. The van der Waals surface area contributed by atoms with E-state index in [1.165, 1.54) is 5.69 Å². The summed E-state index contributed by atoms with van der Waals surface area (Å²) in [5.74, 6) is 0. The van der Waals surface area contributed by atoms with Gasteiger partial charge in [0.05, 0.1) is 0 Å². The van der Waals surface area contributed by atoms with Gasteiger partial charge in [0.2, 0.25) is 0 Å². The summed E-state index contributed by atoms with van der Waals surface area (Å²) in [7, 11) is 0. The van der Waals surface area contributed by atoms with Crippen LogP contribution in [0.25, 0.3) is 0 Å². The third kappa shape index (κ3) is 0.399. The van der Waals surface area contributed by atoms with Crippen LogP contribution < -0.4 is 0 Å². The molecule has 1 aromatic rings. The molecule has 41 valence electrons. The lowest BCUT2D eigenvalue weighted by atomic mass is 10.3. The maximum Gasteiger partial charge on any atom is 0.0492 e. The summed E-state index contributed by atoms with van der Waals surface area (Å²) >= 11 is 0. The molecule has 0 unspecified atom stereocenters. The molecule has 0 saturated carbocycles. The highest BCUT2D eigenvalue weighted by Crippen LogP contribution is 2.09. The number of fused-ring (bicyclic) bond motifs is 1. The Bertz CT molecular complexity index is 172. The van der Waals surface area contributed by atoms with E-state index >= 15 is 0 Å². The van der Waals surface area contributed by atoms with Crippen LogP contribution in [-0.2, 0) is 13.0 Å². The predicted octanol–water partition coefficient (Wildman–Crippen LogP) is 0.643. The minimum absolute atomic E-state index is 1.00. The predicted molar refractivity (Wildman–Crippen MR) is 30.2 cm³/mol. The van der Waals surface area contributed by atoms with Gasteiger partial charge in [0.25, 0.3) is 0 Å². The van der Waals surface area contributed by atoms with Crippen LogP contribution in [0.3, 0.4) is 0 Å². The number of aromatic nitrogens is 2. The molecule has 0 saturated heterocycles. The van der Waals surface area contributed by atoms with Gasteiger partial charge in [-0.3, -0.25) is 4.68 Å². The van der Waals surface area contributed by atoms with Crippen LogP contribution >= 0.6 is 0 Å². The zero-order chi connectivity index (χ0) is 5.40. The first-order valence-electron chi connectivity index (χ1n) is 2.79. The fourth-order valence-corrected chi connectivity index (χ4v) is 1.03. The minimum atomic E-state index is 1.00. The summed E-state index contributed by atoms with van der Waals surface area (Å²) in [6.45, 7) is 1.00. The van der Waals surface area contributed by atoms with Crippen LogP contribution in [-0.4, -0.2) is 9.78 Å². The van der Waals surface area contributed by atoms with Crippen LogP contribution in [0.5, 0.6) is 0 Å². The van der Waals surface area contributed by atoms with Gasteiger partial charge < -0.3 is 0 Å². The normalized spacial score (nSPS) is 16.5. The van der Waals surface area contributed by atoms with E-state index in [2.05, 4.69) is 17.6 Å². The highest BCUT2D eigenvalue weighted by atomic mass is 15.3. The van der Waals surface area contributed by atoms with Crippen molar-refractivity contribution in [1.82, 2.24) is 9.78 Å². The van der Waals surface area contributed by atoms with E-state index in [9.17, 15) is 0 Å². The standard InChI is InChI=1S/C6H7N2/c1-2-6-3-4-7-8(6)5-1/h1,3-4H,2,5H2. The fraction of sp³-hybridized carbons (Fsp3) is 0.333. The molecule has 1 aromatic heterocycles. The summed E-state index contributed by atoms with van der Waals surface area (Å²) in [6.07, 6.45) is 5.17. The van der Waals surface area contributed by atoms with E-state index in [0.717, 1.165) is 13.0 Å². The molecule has 0 amide bonds. The fourth-order valence-electron chi connectivity index (χ4n) is 1.03. The van der Waals surface area contributed by atoms with Crippen LogP contribution in [0.2, 0.25) is 0 Å². The number of rotatable bonds is 0. The lowest BCUT2D eigenvalue weighted by molar-refractivity contribution is 0.706. The molecule has 1 radical (unpaired) electrons. The first kappa shape index (κ1) is 4.13. The molecule has 0 spiro atoms. The van der Waals surface area contributed by atoms with Gasteiger partial charge in [-0.1, -0.05) is 0 Å². The summed E-state index contributed by atoms with van der Waals surface area (Å²) in [4.78, 5) is 0. The zero-order valence-corrected chi connectivity index (χ0v) is 4.54. The number of hydrogen-bond acceptors (Lipinski definition) is 1. The quantitative estimate of drug-likeness (QED) is 0.475. The van der Waals surface area contributed by atoms with Crippen LogP contribution in [0, 0.1) is 6.42 Å². The van der Waals surface area contributed by atoms with E-state index in [4.69, 9.17) is 0 Å². The molecule has 2 nitrogen and oxygen atoms in total. The molecule has 0 N–H and O–H groups in total. The van der Waals surface area contributed by atoms with E-state index in [-0.39, 0.29) is 0 Å². The van der Waals surface area contributed by atoms with Gasteiger partial charge >= 0.3 is 0 Å². The van der Waals surface area contributed by atoms with Crippen molar-refractivity contribution in [3.8, 4) is 0 Å². The van der Waals surface area contributed by atoms with Crippen LogP contribution in [0.15, 0.2) is 12.3 Å². The molecule has 0 bridgehead atoms. The molecule has 8 heavy (non-hydrogen) atoms. The molecule has 1 aliphatic rings. The lowest BCUT2D eigenvalue weighted by Gasteiger charge is -1.87. The SMILES string of the molecule is [CH]1Cc2ccnn2C1. The lowest BCUT2D eigenvalue weighted by Crippen LogP contribution is -1.92. The minimum Gasteiger partial charge on any atom is -0.269 e. The Kier molecular flexibility index (Phi) is 0.692. The number of nitrogens with zero attached hydrogens (tertiary/aromatic N) is 2. The Morgan fingerprint density at radius 2 is 2.62 bits per heavy atom. The summed E-state index contributed by atoms with van der Waals surface area (Å²) < 4.78 is 2.01. The highest BCUT2D eigenvalue weighted by molar-refractivity contribution is 5.08. The summed E-state index contributed by atoms with van der Waals surface area (Å²) in [5.41, 5.74) is 1.34. The molecule has 0 aliphatic carbocycles. The van der Waals surface area contributed by atoms with Gasteiger partial charge in [-0.25, -0.2) is 0 Å². The zero-order valence-electron chi connectivity index (χ0n) is 4.54. The average Bonchev–Trinajstić information content (AvgIpc) is 2.15. The van der Waals surface area contributed by atoms with Gasteiger partial charge in [0.1, 0.15) is 0 Å². The Morgan fingerprint density at radius 1 is 1.62 bits per heavy atom. The molecular weight excluding hydrogens is 100 g/mol. The van der Waals surface area contributed by atoms with Crippen molar-refractivity contribution in [3.05, 3.63) is 24.4 Å². The molecule has 2 heterocycles. The van der Waals surface area contributed by atoms with Crippen molar-refractivity contribution in [1.29, 1.82) is 0 Å². The molecule has 2 heteroatoms. The van der Waals surface area contributed by atoms with Crippen molar-refractivity contribution in [2.75, 3.05) is 0 Å². The molecule has 0 aromatic carbocycles. The van der Waals surface area contributed by atoms with E-state index in [0.29, 0.717) is 0 Å². The van der Waals surface area contributed by atoms with Gasteiger partial charge in [-0.2, -0.15) is 5.10 Å². The van der Waals surface area contributed by atoms with Crippen LogP contribution in [0.4, 0.5) is 0 Å². The van der Waals surface area contributed by atoms with Gasteiger partial charge in [0, 0.05) is 18.4 Å². The van der Waals surface area contributed by atoms with Gasteiger partial charge in [-0.15, -0.1) is 0 Å². The van der Waals surface area contributed by atoms with Gasteiger partial charge in [0.15, 0.2) is 0 Å². The Morgan fingerprint density at radius 3 is 3.50 bits per heavy atom. The average molecular weight is 107 g/mol. The molecular formula is C6H7N2. The Labute approximate surface area is 48.1 Å². The molecule has 0 atom stereocenters. The topological polar surface area (TPSA) is 17.8 Å². The second-order valence-electron chi connectivity index (χ2n) is 2.00. The smallest absolute Gasteiger partial charge is 0.0492 e. The Balaban J connectivity index is 2.54. The molecule has 2 rings (SSSR count). The van der Waals surface area contributed by atoms with Crippen molar-refractivity contribution >= 4 is 0 Å². The Hall–Kier alpha value is -0.790. The monoisotopic (exact) mass is 107 g/mol. The van der Waals surface area contributed by atoms with E-state index in [1.807, 2.05) is 10.9 Å². The third-order valence-electron chi connectivity index (χ3n) is 1.46. The van der Waals surface area contributed by atoms with E-state index < -0.39 is 0 Å². The maximum absolute atomic E-state index is 4.08. The van der Waals surface area contributed by atoms with Crippen molar-refractivity contribution in [2.24, 2.45) is 0 Å².